The summed E-state index contributed by atoms with van der Waals surface area (Å²) in [5.41, 5.74) is 0. The molecule has 0 bridgehead atoms. The predicted molar refractivity (Wildman–Crippen MR) is 54.3 cm³/mol. The van der Waals surface area contributed by atoms with Crippen molar-refractivity contribution in [3.63, 3.8) is 0 Å². The third-order valence-corrected chi connectivity index (χ3v) is 4.18. The average molecular weight is 210 g/mol. The fourth-order valence-corrected chi connectivity index (χ4v) is 3.56. The van der Waals surface area contributed by atoms with Crippen molar-refractivity contribution >= 4 is 5.78 Å². The first kappa shape index (κ1) is 9.79. The number of ketones is 1. The number of Topliss-reactive ketones (excluding diaryl/α,β-unsaturated/α-hetero) is 1. The summed E-state index contributed by atoms with van der Waals surface area (Å²) < 4.78 is 11.6. The van der Waals surface area contributed by atoms with Crippen molar-refractivity contribution in [3.05, 3.63) is 0 Å². The number of fused-ring (bicyclic) bond motifs is 2. The topological polar surface area (TPSA) is 35.5 Å². The van der Waals surface area contributed by atoms with Gasteiger partial charge in [-0.05, 0) is 25.2 Å². The molecule has 0 radical (unpaired) electrons. The zero-order chi connectivity index (χ0) is 10.3. The molecule has 2 saturated carbocycles. The minimum Gasteiger partial charge on any atom is -0.347 e. The number of rotatable bonds is 0. The lowest BCUT2D eigenvalue weighted by Crippen LogP contribution is -2.43. The van der Waals surface area contributed by atoms with Gasteiger partial charge < -0.3 is 9.47 Å². The SMILES string of the molecule is O=C1CC[C@@H]2CCCCC3(OCCO3)[C@@H]12. The third kappa shape index (κ3) is 1.44. The summed E-state index contributed by atoms with van der Waals surface area (Å²) in [6.07, 6.45) is 6.26. The molecular formula is C12H18O3. The lowest BCUT2D eigenvalue weighted by atomic mass is 9.86. The summed E-state index contributed by atoms with van der Waals surface area (Å²) in [5.74, 6) is 0.429. The van der Waals surface area contributed by atoms with Crippen LogP contribution < -0.4 is 0 Å². The van der Waals surface area contributed by atoms with Gasteiger partial charge in [0.2, 0.25) is 0 Å². The highest BCUT2D eigenvalue weighted by atomic mass is 16.7. The smallest absolute Gasteiger partial charge is 0.178 e. The first-order valence-corrected chi connectivity index (χ1v) is 6.12. The van der Waals surface area contributed by atoms with E-state index in [4.69, 9.17) is 9.47 Å². The molecule has 1 saturated heterocycles. The molecule has 0 aromatic heterocycles. The van der Waals surface area contributed by atoms with Crippen molar-refractivity contribution < 1.29 is 14.3 Å². The van der Waals surface area contributed by atoms with Crippen LogP contribution in [0, 0.1) is 11.8 Å². The largest absolute Gasteiger partial charge is 0.347 e. The second kappa shape index (κ2) is 3.56. The maximum absolute atomic E-state index is 12.0. The van der Waals surface area contributed by atoms with Crippen LogP contribution in [0.4, 0.5) is 0 Å². The van der Waals surface area contributed by atoms with E-state index in [-0.39, 0.29) is 5.92 Å². The Labute approximate surface area is 90.1 Å². The van der Waals surface area contributed by atoms with E-state index in [1.165, 1.54) is 12.8 Å². The second-order valence-electron chi connectivity index (χ2n) is 5.00. The Kier molecular flexibility index (Phi) is 2.33. The molecule has 0 N–H and O–H groups in total. The van der Waals surface area contributed by atoms with Gasteiger partial charge in [0.1, 0.15) is 5.78 Å². The Morgan fingerprint density at radius 2 is 1.93 bits per heavy atom. The molecule has 84 valence electrons. The van der Waals surface area contributed by atoms with Gasteiger partial charge in [-0.2, -0.15) is 0 Å². The molecular weight excluding hydrogens is 192 g/mol. The predicted octanol–water partition coefficient (Wildman–Crippen LogP) is 1.90. The molecule has 2 atom stereocenters. The van der Waals surface area contributed by atoms with Crippen LogP contribution in [0.2, 0.25) is 0 Å². The maximum Gasteiger partial charge on any atom is 0.178 e. The van der Waals surface area contributed by atoms with Gasteiger partial charge in [-0.15, -0.1) is 0 Å². The number of carbonyl (C=O) groups is 1. The lowest BCUT2D eigenvalue weighted by Gasteiger charge is -2.33. The summed E-state index contributed by atoms with van der Waals surface area (Å²) in [6.45, 7) is 1.33. The van der Waals surface area contributed by atoms with Crippen LogP contribution in [-0.4, -0.2) is 24.8 Å². The van der Waals surface area contributed by atoms with E-state index in [1.807, 2.05) is 0 Å². The first-order chi connectivity index (χ1) is 7.32. The number of hydrogen-bond donors (Lipinski definition) is 0. The first-order valence-electron chi connectivity index (χ1n) is 6.12. The molecule has 1 heterocycles. The maximum atomic E-state index is 12.0. The number of ether oxygens (including phenoxy) is 2. The standard InChI is InChI=1S/C12H18O3/c13-10-5-4-9-3-1-2-6-12(11(9)10)14-7-8-15-12/h9,11H,1-8H2/t9-,11+/m0/s1. The van der Waals surface area contributed by atoms with Crippen molar-refractivity contribution in [2.24, 2.45) is 11.8 Å². The highest BCUT2D eigenvalue weighted by Crippen LogP contribution is 2.48. The fraction of sp³-hybridized carbons (Fsp3) is 0.917. The van der Waals surface area contributed by atoms with Crippen molar-refractivity contribution in [2.45, 2.75) is 44.3 Å². The van der Waals surface area contributed by atoms with Gasteiger partial charge in [-0.1, -0.05) is 6.42 Å². The van der Waals surface area contributed by atoms with Gasteiger partial charge in [-0.25, -0.2) is 0 Å². The monoisotopic (exact) mass is 210 g/mol. The van der Waals surface area contributed by atoms with Crippen molar-refractivity contribution in [2.75, 3.05) is 13.2 Å². The van der Waals surface area contributed by atoms with Crippen LogP contribution in [0.15, 0.2) is 0 Å². The van der Waals surface area contributed by atoms with Gasteiger partial charge in [-0.3, -0.25) is 4.79 Å². The van der Waals surface area contributed by atoms with Crippen LogP contribution in [-0.2, 0) is 14.3 Å². The van der Waals surface area contributed by atoms with E-state index >= 15 is 0 Å². The molecule has 3 aliphatic rings. The van der Waals surface area contributed by atoms with Gasteiger partial charge in [0.05, 0.1) is 19.1 Å². The van der Waals surface area contributed by atoms with Crippen LogP contribution in [0.25, 0.3) is 0 Å². The molecule has 3 fully saturated rings. The van der Waals surface area contributed by atoms with Gasteiger partial charge in [0.25, 0.3) is 0 Å². The molecule has 2 aliphatic carbocycles. The zero-order valence-electron chi connectivity index (χ0n) is 9.04. The molecule has 0 unspecified atom stereocenters. The van der Waals surface area contributed by atoms with Crippen LogP contribution in [0.3, 0.4) is 0 Å². The molecule has 3 nitrogen and oxygen atoms in total. The molecule has 3 heteroatoms. The summed E-state index contributed by atoms with van der Waals surface area (Å²) in [7, 11) is 0. The van der Waals surface area contributed by atoms with Gasteiger partial charge in [0, 0.05) is 12.8 Å². The van der Waals surface area contributed by atoms with E-state index in [1.54, 1.807) is 0 Å². The number of carbonyl (C=O) groups excluding carboxylic acids is 1. The molecule has 0 aromatic carbocycles. The Bertz CT molecular complexity index is 268. The normalized spacial score (nSPS) is 39.3. The third-order valence-electron chi connectivity index (χ3n) is 4.18. The molecule has 1 spiro atoms. The van der Waals surface area contributed by atoms with Crippen molar-refractivity contribution in [1.29, 1.82) is 0 Å². The molecule has 1 aliphatic heterocycles. The Hall–Kier alpha value is -0.410. The van der Waals surface area contributed by atoms with E-state index in [0.717, 1.165) is 25.7 Å². The van der Waals surface area contributed by atoms with Crippen LogP contribution >= 0.6 is 0 Å². The van der Waals surface area contributed by atoms with E-state index < -0.39 is 5.79 Å². The van der Waals surface area contributed by atoms with Crippen molar-refractivity contribution in [1.82, 2.24) is 0 Å². The lowest BCUT2D eigenvalue weighted by molar-refractivity contribution is -0.203. The number of hydrogen-bond acceptors (Lipinski definition) is 3. The Morgan fingerprint density at radius 3 is 2.73 bits per heavy atom. The summed E-state index contributed by atoms with van der Waals surface area (Å²) in [4.78, 5) is 12.0. The molecule has 0 aromatic rings. The average Bonchev–Trinajstić information content (AvgIpc) is 2.76. The van der Waals surface area contributed by atoms with Crippen molar-refractivity contribution in [3.8, 4) is 0 Å². The minimum atomic E-state index is -0.519. The fourth-order valence-electron chi connectivity index (χ4n) is 3.56. The summed E-state index contributed by atoms with van der Waals surface area (Å²) >= 11 is 0. The second-order valence-corrected chi connectivity index (χ2v) is 5.00. The highest BCUT2D eigenvalue weighted by Gasteiger charge is 2.54. The molecule has 15 heavy (non-hydrogen) atoms. The minimum absolute atomic E-state index is 0.0440. The summed E-state index contributed by atoms with van der Waals surface area (Å²) in [6, 6.07) is 0. The Morgan fingerprint density at radius 1 is 1.13 bits per heavy atom. The van der Waals surface area contributed by atoms with Crippen LogP contribution in [0.1, 0.15) is 38.5 Å². The zero-order valence-corrected chi connectivity index (χ0v) is 9.04. The summed E-state index contributed by atoms with van der Waals surface area (Å²) in [5, 5.41) is 0. The quantitative estimate of drug-likeness (QED) is 0.612. The highest BCUT2D eigenvalue weighted by molar-refractivity contribution is 5.84. The Balaban J connectivity index is 1.93. The van der Waals surface area contributed by atoms with E-state index in [9.17, 15) is 4.79 Å². The molecule has 0 amide bonds. The van der Waals surface area contributed by atoms with E-state index in [0.29, 0.717) is 24.9 Å². The van der Waals surface area contributed by atoms with Gasteiger partial charge in [0.15, 0.2) is 5.79 Å². The molecule has 3 rings (SSSR count). The van der Waals surface area contributed by atoms with Crippen LogP contribution in [0.5, 0.6) is 0 Å². The van der Waals surface area contributed by atoms with E-state index in [2.05, 4.69) is 0 Å². The van der Waals surface area contributed by atoms with Gasteiger partial charge >= 0.3 is 0 Å².